The number of hydrogen-bond donors (Lipinski definition) is 1. The van der Waals surface area contributed by atoms with Crippen LogP contribution in [0.1, 0.15) is 12.2 Å². The molecule has 0 aliphatic rings. The number of thioether (sulfide) groups is 1. The van der Waals surface area contributed by atoms with Gasteiger partial charge in [0.1, 0.15) is 12.3 Å². The van der Waals surface area contributed by atoms with Gasteiger partial charge in [0.05, 0.1) is 28.9 Å². The average molecular weight is 428 g/mol. The lowest BCUT2D eigenvalue weighted by Gasteiger charge is -2.21. The number of nitro groups is 1. The summed E-state index contributed by atoms with van der Waals surface area (Å²) in [5.41, 5.74) is -0.180. The summed E-state index contributed by atoms with van der Waals surface area (Å²) in [6.07, 6.45) is 3.28. The summed E-state index contributed by atoms with van der Waals surface area (Å²) in [6, 6.07) is 8.88. The first-order valence-corrected chi connectivity index (χ1v) is 11.4. The van der Waals surface area contributed by atoms with Crippen LogP contribution < -0.4 is 9.62 Å². The van der Waals surface area contributed by atoms with Gasteiger partial charge in [-0.05, 0) is 30.4 Å². The molecule has 0 aliphatic carbocycles. The van der Waals surface area contributed by atoms with Crippen molar-refractivity contribution in [2.24, 2.45) is 0 Å². The number of anilines is 1. The third-order valence-corrected chi connectivity index (χ3v) is 5.83. The Hall–Kier alpha value is -2.53. The number of carbonyl (C=O) groups is 1. The first kappa shape index (κ1) is 21.8. The number of nitrogens with one attached hydrogen (secondary N) is 1. The van der Waals surface area contributed by atoms with Gasteiger partial charge in [-0.3, -0.25) is 19.2 Å². The van der Waals surface area contributed by atoms with E-state index < -0.39 is 27.4 Å². The number of non-ortho nitro benzene ring substituents is 1. The highest BCUT2D eigenvalue weighted by Gasteiger charge is 2.22. The molecule has 152 valence electrons. The van der Waals surface area contributed by atoms with Crippen molar-refractivity contribution in [3.05, 3.63) is 58.5 Å². The van der Waals surface area contributed by atoms with Gasteiger partial charge in [0.15, 0.2) is 0 Å². The minimum Gasteiger partial charge on any atom is -0.468 e. The number of nitrogens with zero attached hydrogens (tertiary/aromatic N) is 2. The van der Waals surface area contributed by atoms with E-state index in [4.69, 9.17) is 4.42 Å². The Morgan fingerprint density at radius 2 is 2.11 bits per heavy atom. The van der Waals surface area contributed by atoms with Crippen molar-refractivity contribution in [2.45, 2.75) is 12.2 Å². The fourth-order valence-corrected chi connectivity index (χ4v) is 4.02. The summed E-state index contributed by atoms with van der Waals surface area (Å²) in [5.74, 6) is 1.96. The third kappa shape index (κ3) is 6.89. The summed E-state index contributed by atoms with van der Waals surface area (Å²) in [6.45, 7) is -0.0456. The molecule has 2 rings (SSSR count). The lowest BCUT2D eigenvalue weighted by molar-refractivity contribution is -0.384. The van der Waals surface area contributed by atoms with Gasteiger partial charge in [0.25, 0.3) is 5.69 Å². The molecule has 0 bridgehead atoms. The molecule has 0 aliphatic heterocycles. The van der Waals surface area contributed by atoms with E-state index in [1.807, 2.05) is 12.1 Å². The van der Waals surface area contributed by atoms with Gasteiger partial charge in [-0.15, -0.1) is 0 Å². The van der Waals surface area contributed by atoms with Crippen molar-refractivity contribution in [1.29, 1.82) is 0 Å². The maximum Gasteiger partial charge on any atom is 0.271 e. The molecule has 0 spiro atoms. The van der Waals surface area contributed by atoms with Gasteiger partial charge >= 0.3 is 0 Å². The van der Waals surface area contributed by atoms with Crippen LogP contribution in [0.25, 0.3) is 0 Å². The molecule has 11 heteroatoms. The first-order valence-electron chi connectivity index (χ1n) is 8.36. The topological polar surface area (TPSA) is 123 Å². The van der Waals surface area contributed by atoms with Crippen LogP contribution >= 0.6 is 11.8 Å². The van der Waals surface area contributed by atoms with Gasteiger partial charge < -0.3 is 9.73 Å². The van der Waals surface area contributed by atoms with Crippen molar-refractivity contribution in [3.8, 4) is 0 Å². The predicted molar refractivity (Wildman–Crippen MR) is 108 cm³/mol. The van der Waals surface area contributed by atoms with E-state index in [9.17, 15) is 23.3 Å². The molecule has 0 unspecified atom stereocenters. The number of amides is 1. The van der Waals surface area contributed by atoms with Gasteiger partial charge in [-0.1, -0.05) is 6.07 Å². The number of sulfonamides is 1. The van der Waals surface area contributed by atoms with Crippen molar-refractivity contribution in [2.75, 3.05) is 29.4 Å². The highest BCUT2D eigenvalue weighted by Crippen LogP contribution is 2.22. The number of carbonyl (C=O) groups excluding carboxylic acids is 1. The van der Waals surface area contributed by atoms with Gasteiger partial charge in [0.2, 0.25) is 15.9 Å². The summed E-state index contributed by atoms with van der Waals surface area (Å²) in [4.78, 5) is 22.4. The second-order valence-corrected chi connectivity index (χ2v) is 8.89. The van der Waals surface area contributed by atoms with E-state index in [1.54, 1.807) is 18.0 Å². The van der Waals surface area contributed by atoms with E-state index in [-0.39, 0.29) is 11.4 Å². The van der Waals surface area contributed by atoms with E-state index in [1.165, 1.54) is 18.2 Å². The minimum atomic E-state index is -3.78. The molecule has 1 aromatic carbocycles. The average Bonchev–Trinajstić information content (AvgIpc) is 3.15. The maximum absolute atomic E-state index is 12.1. The SMILES string of the molecule is CS(=O)(=O)N(CC(=O)NCCCSCc1ccco1)c1cccc([N+](=O)[O-])c1. The predicted octanol–water partition coefficient (Wildman–Crippen LogP) is 2.39. The van der Waals surface area contributed by atoms with Crippen molar-refractivity contribution < 1.29 is 22.6 Å². The fourth-order valence-electron chi connectivity index (χ4n) is 2.32. The molecule has 1 aromatic heterocycles. The summed E-state index contributed by atoms with van der Waals surface area (Å²) in [5, 5.41) is 13.6. The number of nitro benzene ring substituents is 1. The Kier molecular flexibility index (Phi) is 7.88. The standard InChI is InChI=1S/C17H21N3O6S2/c1-28(24,25)19(14-5-2-6-15(11-14)20(22)23)12-17(21)18-8-4-10-27-13-16-7-3-9-26-16/h2-3,5-7,9,11H,4,8,10,12-13H2,1H3,(H,18,21). The Labute approximate surface area is 167 Å². The maximum atomic E-state index is 12.1. The van der Waals surface area contributed by atoms with Crippen molar-refractivity contribution >= 4 is 39.1 Å². The quantitative estimate of drug-likeness (QED) is 0.332. The summed E-state index contributed by atoms with van der Waals surface area (Å²) >= 11 is 1.67. The number of furan rings is 1. The normalized spacial score (nSPS) is 11.2. The molecule has 28 heavy (non-hydrogen) atoms. The second-order valence-electron chi connectivity index (χ2n) is 5.88. The highest BCUT2D eigenvalue weighted by molar-refractivity contribution is 7.98. The zero-order chi connectivity index (χ0) is 20.6. The van der Waals surface area contributed by atoms with Gasteiger partial charge in [-0.2, -0.15) is 11.8 Å². The van der Waals surface area contributed by atoms with Crippen molar-refractivity contribution in [1.82, 2.24) is 5.32 Å². The first-order chi connectivity index (χ1) is 13.3. The molecule has 0 atom stereocenters. The Morgan fingerprint density at radius 1 is 1.32 bits per heavy atom. The molecule has 0 saturated heterocycles. The Morgan fingerprint density at radius 3 is 2.75 bits per heavy atom. The molecule has 2 aromatic rings. The zero-order valence-corrected chi connectivity index (χ0v) is 16.9. The van der Waals surface area contributed by atoms with Crippen LogP contribution in [0.5, 0.6) is 0 Å². The third-order valence-electron chi connectivity index (χ3n) is 3.63. The molecule has 0 fully saturated rings. The van der Waals surface area contributed by atoms with E-state index >= 15 is 0 Å². The van der Waals surface area contributed by atoms with Crippen molar-refractivity contribution in [3.63, 3.8) is 0 Å². The molecule has 0 saturated carbocycles. The Bertz CT molecular complexity index is 899. The number of hydrogen-bond acceptors (Lipinski definition) is 7. The summed E-state index contributed by atoms with van der Waals surface area (Å²) < 4.78 is 30.2. The molecule has 1 N–H and O–H groups in total. The summed E-state index contributed by atoms with van der Waals surface area (Å²) in [7, 11) is -3.78. The molecule has 0 radical (unpaired) electrons. The van der Waals surface area contributed by atoms with Gasteiger partial charge in [0, 0.05) is 18.7 Å². The van der Waals surface area contributed by atoms with Crippen LogP contribution in [0, 0.1) is 10.1 Å². The van der Waals surface area contributed by atoms with Crippen LogP contribution in [0.4, 0.5) is 11.4 Å². The molecule has 1 heterocycles. The van der Waals surface area contributed by atoms with E-state index in [2.05, 4.69) is 5.32 Å². The Balaban J connectivity index is 1.84. The van der Waals surface area contributed by atoms with Crippen LogP contribution in [-0.2, 0) is 20.6 Å². The van der Waals surface area contributed by atoms with Crippen LogP contribution in [-0.4, -0.2) is 44.3 Å². The molecular formula is C17H21N3O6S2. The minimum absolute atomic E-state index is 0.0702. The number of rotatable bonds is 11. The lowest BCUT2D eigenvalue weighted by atomic mass is 10.3. The lowest BCUT2D eigenvalue weighted by Crippen LogP contribution is -2.40. The molecule has 1 amide bonds. The smallest absolute Gasteiger partial charge is 0.271 e. The molecular weight excluding hydrogens is 406 g/mol. The largest absolute Gasteiger partial charge is 0.468 e. The highest BCUT2D eigenvalue weighted by atomic mass is 32.2. The number of benzene rings is 1. The van der Waals surface area contributed by atoms with Crippen LogP contribution in [0.3, 0.4) is 0 Å². The van der Waals surface area contributed by atoms with E-state index in [0.29, 0.717) is 13.0 Å². The zero-order valence-electron chi connectivity index (χ0n) is 15.2. The monoisotopic (exact) mass is 427 g/mol. The second kappa shape index (κ2) is 10.1. The van der Waals surface area contributed by atoms with E-state index in [0.717, 1.165) is 33.9 Å². The van der Waals surface area contributed by atoms with Gasteiger partial charge in [-0.25, -0.2) is 8.42 Å². The molecule has 9 nitrogen and oxygen atoms in total. The van der Waals surface area contributed by atoms with Crippen LogP contribution in [0.15, 0.2) is 47.1 Å². The fraction of sp³-hybridized carbons (Fsp3) is 0.353. The van der Waals surface area contributed by atoms with Crippen LogP contribution in [0.2, 0.25) is 0 Å².